The topological polar surface area (TPSA) is 126 Å². The van der Waals surface area contributed by atoms with Crippen molar-refractivity contribution in [2.24, 2.45) is 0 Å². The minimum Gasteiger partial charge on any atom is -0.479 e. The minimum atomic E-state index is -3.84. The summed E-state index contributed by atoms with van der Waals surface area (Å²) in [6.45, 7) is 1.63. The van der Waals surface area contributed by atoms with E-state index in [1.807, 2.05) is 0 Å². The summed E-state index contributed by atoms with van der Waals surface area (Å²) in [5, 5.41) is 11.7. The van der Waals surface area contributed by atoms with E-state index in [-0.39, 0.29) is 12.2 Å². The number of hydrogen-bond donors (Lipinski definition) is 3. The van der Waals surface area contributed by atoms with Crippen LogP contribution in [0.5, 0.6) is 0 Å². The Labute approximate surface area is 144 Å². The van der Waals surface area contributed by atoms with Crippen molar-refractivity contribution in [3.8, 4) is 0 Å². The van der Waals surface area contributed by atoms with Crippen molar-refractivity contribution in [1.82, 2.24) is 10.0 Å². The van der Waals surface area contributed by atoms with Gasteiger partial charge < -0.3 is 14.8 Å². The Bertz CT molecular complexity index is 875. The van der Waals surface area contributed by atoms with Gasteiger partial charge in [0.15, 0.2) is 11.3 Å². The monoisotopic (exact) mass is 366 g/mol. The molecule has 25 heavy (non-hydrogen) atoms. The van der Waals surface area contributed by atoms with Crippen LogP contribution in [0.4, 0.5) is 0 Å². The third kappa shape index (κ3) is 3.57. The van der Waals surface area contributed by atoms with Crippen LogP contribution in [0.3, 0.4) is 0 Å². The van der Waals surface area contributed by atoms with E-state index in [9.17, 15) is 23.1 Å². The van der Waals surface area contributed by atoms with Crippen LogP contribution in [0, 0.1) is 0 Å². The van der Waals surface area contributed by atoms with Crippen LogP contribution in [0.1, 0.15) is 29.5 Å². The number of carboxylic acid groups (broad SMARTS) is 1. The molecule has 1 unspecified atom stereocenters. The summed E-state index contributed by atoms with van der Waals surface area (Å²) in [4.78, 5) is 24.3. The molecule has 3 N–H and O–H groups in total. The zero-order valence-corrected chi connectivity index (χ0v) is 14.5. The normalized spacial score (nSPS) is 13.8. The van der Waals surface area contributed by atoms with Gasteiger partial charge in [-0.25, -0.2) is 17.9 Å². The van der Waals surface area contributed by atoms with Crippen molar-refractivity contribution in [2.45, 2.75) is 24.0 Å². The van der Waals surface area contributed by atoms with E-state index in [0.29, 0.717) is 5.56 Å². The van der Waals surface area contributed by atoms with E-state index in [1.165, 1.54) is 13.1 Å². The van der Waals surface area contributed by atoms with Crippen LogP contribution in [0.2, 0.25) is 0 Å². The first-order valence-electron chi connectivity index (χ1n) is 7.41. The maximum absolute atomic E-state index is 12.4. The highest BCUT2D eigenvalue weighted by atomic mass is 32.2. The van der Waals surface area contributed by atoms with E-state index in [2.05, 4.69) is 10.0 Å². The number of rotatable bonds is 7. The predicted octanol–water partition coefficient (Wildman–Crippen LogP) is 1.31. The lowest BCUT2D eigenvalue weighted by Crippen LogP contribution is -2.51. The third-order valence-electron chi connectivity index (χ3n) is 3.83. The van der Waals surface area contributed by atoms with Gasteiger partial charge in [0.2, 0.25) is 5.09 Å². The number of nitrogens with one attached hydrogen (secondary N) is 2. The van der Waals surface area contributed by atoms with E-state index in [1.54, 1.807) is 37.3 Å². The van der Waals surface area contributed by atoms with Gasteiger partial charge in [0, 0.05) is 0 Å². The van der Waals surface area contributed by atoms with Crippen LogP contribution in [-0.4, -0.2) is 32.4 Å². The predicted molar refractivity (Wildman–Crippen MR) is 88.5 cm³/mol. The molecule has 0 saturated carbocycles. The third-order valence-corrected chi connectivity index (χ3v) is 5.11. The Morgan fingerprint density at radius 1 is 1.16 bits per heavy atom. The number of hydrogen-bond acceptors (Lipinski definition) is 5. The molecule has 0 aliphatic rings. The van der Waals surface area contributed by atoms with Gasteiger partial charge in [0.25, 0.3) is 15.9 Å². The lowest BCUT2D eigenvalue weighted by molar-refractivity contribution is -0.145. The molecule has 1 atom stereocenters. The molecule has 9 heteroatoms. The molecular formula is C16H18N2O6S. The van der Waals surface area contributed by atoms with Gasteiger partial charge in [-0.3, -0.25) is 4.79 Å². The van der Waals surface area contributed by atoms with Crippen molar-refractivity contribution < 1.29 is 27.5 Å². The SMILES string of the molecule is CCC(NC(=O)c1ccc(S(=O)(=O)NC)o1)(C(=O)O)c1ccccc1. The van der Waals surface area contributed by atoms with Gasteiger partial charge in [-0.05, 0) is 31.2 Å². The zero-order chi connectivity index (χ0) is 18.7. The molecular weight excluding hydrogens is 348 g/mol. The number of amides is 1. The lowest BCUT2D eigenvalue weighted by Gasteiger charge is -2.29. The fourth-order valence-corrected chi connectivity index (χ4v) is 3.01. The Hall–Kier alpha value is -2.65. The summed E-state index contributed by atoms with van der Waals surface area (Å²) in [6, 6.07) is 10.5. The molecule has 0 radical (unpaired) electrons. The quantitative estimate of drug-likeness (QED) is 0.678. The molecule has 0 fully saturated rings. The van der Waals surface area contributed by atoms with E-state index < -0.39 is 32.5 Å². The summed E-state index contributed by atoms with van der Waals surface area (Å²) in [7, 11) is -2.63. The van der Waals surface area contributed by atoms with Crippen molar-refractivity contribution in [3.63, 3.8) is 0 Å². The van der Waals surface area contributed by atoms with E-state index >= 15 is 0 Å². The van der Waals surface area contributed by atoms with Gasteiger partial charge in [0.1, 0.15) is 0 Å². The summed E-state index contributed by atoms with van der Waals surface area (Å²) >= 11 is 0. The molecule has 0 saturated heterocycles. The summed E-state index contributed by atoms with van der Waals surface area (Å²) in [5.74, 6) is -2.36. The maximum Gasteiger partial charge on any atom is 0.334 e. The second-order valence-electron chi connectivity index (χ2n) is 5.21. The number of aliphatic carboxylic acids is 1. The fraction of sp³-hybridized carbons (Fsp3) is 0.250. The van der Waals surface area contributed by atoms with Crippen molar-refractivity contribution >= 4 is 21.9 Å². The molecule has 134 valence electrons. The molecule has 0 spiro atoms. The Balaban J connectivity index is 2.38. The smallest absolute Gasteiger partial charge is 0.334 e. The molecule has 0 aliphatic carbocycles. The molecule has 0 bridgehead atoms. The average Bonchev–Trinajstić information content (AvgIpc) is 3.11. The van der Waals surface area contributed by atoms with Gasteiger partial charge in [-0.1, -0.05) is 37.3 Å². The number of carbonyl (C=O) groups excluding carboxylic acids is 1. The lowest BCUT2D eigenvalue weighted by atomic mass is 9.87. The number of furan rings is 1. The van der Waals surface area contributed by atoms with E-state index in [4.69, 9.17) is 4.42 Å². The maximum atomic E-state index is 12.4. The summed E-state index contributed by atoms with van der Waals surface area (Å²) in [6.07, 6.45) is 0.0838. The molecule has 0 aliphatic heterocycles. The van der Waals surface area contributed by atoms with Crippen molar-refractivity contribution in [2.75, 3.05) is 7.05 Å². The van der Waals surface area contributed by atoms with E-state index in [0.717, 1.165) is 6.07 Å². The molecule has 2 aromatic rings. The van der Waals surface area contributed by atoms with Gasteiger partial charge >= 0.3 is 5.97 Å². The highest BCUT2D eigenvalue weighted by Gasteiger charge is 2.41. The van der Waals surface area contributed by atoms with Crippen molar-refractivity contribution in [3.05, 3.63) is 53.8 Å². The molecule has 8 nitrogen and oxygen atoms in total. The standard InChI is InChI=1S/C16H18N2O6S/c1-3-16(15(20)21,11-7-5-4-6-8-11)18-14(19)12-9-10-13(24-12)25(22,23)17-2/h4-10,17H,3H2,1-2H3,(H,18,19)(H,20,21). The molecule has 1 heterocycles. The fourth-order valence-electron chi connectivity index (χ4n) is 2.36. The van der Waals surface area contributed by atoms with Crippen molar-refractivity contribution in [1.29, 1.82) is 0 Å². The number of carbonyl (C=O) groups is 2. The number of sulfonamides is 1. The van der Waals surface area contributed by atoms with Gasteiger partial charge in [-0.2, -0.15) is 0 Å². The first-order chi connectivity index (χ1) is 11.8. The first-order valence-corrected chi connectivity index (χ1v) is 8.90. The average molecular weight is 366 g/mol. The summed E-state index contributed by atoms with van der Waals surface area (Å²) < 4.78 is 30.5. The van der Waals surface area contributed by atoms with Crippen LogP contribution in [0.15, 0.2) is 52.0 Å². The second-order valence-corrected chi connectivity index (χ2v) is 7.03. The first kappa shape index (κ1) is 18.7. The molecule has 2 rings (SSSR count). The Morgan fingerprint density at radius 2 is 1.80 bits per heavy atom. The largest absolute Gasteiger partial charge is 0.479 e. The highest BCUT2D eigenvalue weighted by molar-refractivity contribution is 7.89. The number of benzene rings is 1. The minimum absolute atomic E-state index is 0.0838. The van der Waals surface area contributed by atoms with Crippen LogP contribution in [-0.2, 0) is 20.4 Å². The Kier molecular flexibility index (Phi) is 5.29. The van der Waals surface area contributed by atoms with Gasteiger partial charge in [-0.15, -0.1) is 0 Å². The number of carboxylic acids is 1. The Morgan fingerprint density at radius 3 is 2.32 bits per heavy atom. The van der Waals surface area contributed by atoms with Crippen LogP contribution in [0.25, 0.3) is 0 Å². The molecule has 1 aromatic heterocycles. The van der Waals surface area contributed by atoms with Crippen LogP contribution >= 0.6 is 0 Å². The second kappa shape index (κ2) is 7.08. The molecule has 1 amide bonds. The summed E-state index contributed by atoms with van der Waals surface area (Å²) in [5.41, 5.74) is -1.26. The molecule has 1 aromatic carbocycles. The highest BCUT2D eigenvalue weighted by Crippen LogP contribution is 2.26. The van der Waals surface area contributed by atoms with Crippen LogP contribution < -0.4 is 10.0 Å². The zero-order valence-electron chi connectivity index (χ0n) is 13.6. The van der Waals surface area contributed by atoms with Gasteiger partial charge in [0.05, 0.1) is 0 Å².